The summed E-state index contributed by atoms with van der Waals surface area (Å²) in [7, 11) is 0. The third kappa shape index (κ3) is 2.99. The normalized spacial score (nSPS) is 10.8. The summed E-state index contributed by atoms with van der Waals surface area (Å²) in [6.45, 7) is 6.27. The summed E-state index contributed by atoms with van der Waals surface area (Å²) >= 11 is 0. The molecule has 0 aliphatic heterocycles. The lowest BCUT2D eigenvalue weighted by Crippen LogP contribution is -2.16. The molecular weight excluding hydrogens is 246 g/mol. The molecule has 2 rings (SSSR count). The molecule has 18 heavy (non-hydrogen) atoms. The van der Waals surface area contributed by atoms with Gasteiger partial charge in [0.1, 0.15) is 5.82 Å². The van der Waals surface area contributed by atoms with Crippen LogP contribution < -0.4 is 5.73 Å². The van der Waals surface area contributed by atoms with Gasteiger partial charge in [-0.1, -0.05) is 51.1 Å². The van der Waals surface area contributed by atoms with Crippen LogP contribution in [-0.4, -0.2) is 9.97 Å². The van der Waals surface area contributed by atoms with Crippen molar-refractivity contribution in [3.8, 4) is 11.3 Å². The molecule has 0 bridgehead atoms. The summed E-state index contributed by atoms with van der Waals surface area (Å²) in [5.74, 6) is 0.811. The summed E-state index contributed by atoms with van der Waals surface area (Å²) in [4.78, 5) is 8.88. The van der Waals surface area contributed by atoms with Crippen molar-refractivity contribution in [2.45, 2.75) is 26.2 Å². The van der Waals surface area contributed by atoms with Gasteiger partial charge in [-0.05, 0) is 0 Å². The number of nitrogens with two attached hydrogens (primary N) is 1. The van der Waals surface area contributed by atoms with Crippen molar-refractivity contribution in [2.24, 2.45) is 0 Å². The van der Waals surface area contributed by atoms with E-state index in [9.17, 15) is 0 Å². The second-order valence-electron chi connectivity index (χ2n) is 5.11. The van der Waals surface area contributed by atoms with E-state index in [0.717, 1.165) is 17.1 Å². The lowest BCUT2D eigenvalue weighted by atomic mass is 9.95. The van der Waals surface area contributed by atoms with Crippen LogP contribution in [0.5, 0.6) is 0 Å². The van der Waals surface area contributed by atoms with Crippen LogP contribution in [0.2, 0.25) is 0 Å². The van der Waals surface area contributed by atoms with E-state index in [0.29, 0.717) is 5.69 Å². The van der Waals surface area contributed by atoms with Crippen LogP contribution in [0.15, 0.2) is 36.5 Å². The van der Waals surface area contributed by atoms with Crippen LogP contribution in [0.25, 0.3) is 11.3 Å². The lowest BCUT2D eigenvalue weighted by Gasteiger charge is -2.17. The second kappa shape index (κ2) is 5.36. The topological polar surface area (TPSA) is 51.8 Å². The van der Waals surface area contributed by atoms with E-state index in [2.05, 4.69) is 30.7 Å². The maximum Gasteiger partial charge on any atom is 0.134 e. The van der Waals surface area contributed by atoms with E-state index in [1.165, 1.54) is 0 Å². The molecule has 0 aliphatic rings. The Morgan fingerprint density at radius 2 is 1.67 bits per heavy atom. The van der Waals surface area contributed by atoms with Crippen LogP contribution in [-0.2, 0) is 5.41 Å². The Balaban J connectivity index is 0.00000162. The van der Waals surface area contributed by atoms with Crippen LogP contribution in [0.3, 0.4) is 0 Å². The van der Waals surface area contributed by atoms with Gasteiger partial charge in [0.2, 0.25) is 0 Å². The number of nitrogen functional groups attached to an aromatic ring is 1. The number of halogens is 1. The highest BCUT2D eigenvalue weighted by Gasteiger charge is 2.18. The quantitative estimate of drug-likeness (QED) is 0.857. The largest absolute Gasteiger partial charge is 0.396 e. The van der Waals surface area contributed by atoms with Gasteiger partial charge in [-0.25, -0.2) is 9.97 Å². The minimum atomic E-state index is -0.0722. The second-order valence-corrected chi connectivity index (χ2v) is 5.11. The molecule has 1 aromatic heterocycles. The molecule has 0 atom stereocenters. The summed E-state index contributed by atoms with van der Waals surface area (Å²) in [5.41, 5.74) is 8.32. The van der Waals surface area contributed by atoms with Crippen LogP contribution in [0.1, 0.15) is 26.6 Å². The molecule has 0 saturated carbocycles. The van der Waals surface area contributed by atoms with E-state index in [-0.39, 0.29) is 17.8 Å². The Hall–Kier alpha value is -1.61. The molecular formula is C14H18ClN3. The average molecular weight is 264 g/mol. The molecule has 0 saturated heterocycles. The Labute approximate surface area is 114 Å². The Bertz CT molecular complexity index is 518. The lowest BCUT2D eigenvalue weighted by molar-refractivity contribution is 0.546. The minimum Gasteiger partial charge on any atom is -0.396 e. The standard InChI is InChI=1S/C14H17N3.ClH/c1-14(2,3)13-16-9-11(15)12(17-13)10-7-5-4-6-8-10;/h4-9H,15H2,1-3H3;1H. The number of aromatic nitrogens is 2. The Kier molecular flexibility index (Phi) is 4.30. The molecule has 1 heterocycles. The molecule has 0 amide bonds. The summed E-state index contributed by atoms with van der Waals surface area (Å²) in [5, 5.41) is 0. The highest BCUT2D eigenvalue weighted by molar-refractivity contribution is 5.85. The third-order valence-corrected chi connectivity index (χ3v) is 2.54. The van der Waals surface area contributed by atoms with Gasteiger partial charge >= 0.3 is 0 Å². The van der Waals surface area contributed by atoms with Crippen LogP contribution in [0.4, 0.5) is 5.69 Å². The third-order valence-electron chi connectivity index (χ3n) is 2.54. The number of hydrogen-bond donors (Lipinski definition) is 1. The molecule has 4 heteroatoms. The van der Waals surface area contributed by atoms with E-state index >= 15 is 0 Å². The number of nitrogens with zero attached hydrogens (tertiary/aromatic N) is 2. The molecule has 2 aromatic rings. The molecule has 0 radical (unpaired) electrons. The Morgan fingerprint density at radius 3 is 2.22 bits per heavy atom. The first-order chi connectivity index (χ1) is 7.98. The first-order valence-electron chi connectivity index (χ1n) is 5.67. The van der Waals surface area contributed by atoms with Gasteiger partial charge in [-0.15, -0.1) is 12.4 Å². The van der Waals surface area contributed by atoms with E-state index in [1.807, 2.05) is 30.3 Å². The van der Waals surface area contributed by atoms with Crippen LogP contribution >= 0.6 is 12.4 Å². The van der Waals surface area contributed by atoms with Gasteiger partial charge in [0.05, 0.1) is 17.6 Å². The predicted molar refractivity (Wildman–Crippen MR) is 77.8 cm³/mol. The smallest absolute Gasteiger partial charge is 0.134 e. The molecule has 0 spiro atoms. The first-order valence-corrected chi connectivity index (χ1v) is 5.67. The van der Waals surface area contributed by atoms with E-state index in [4.69, 9.17) is 5.73 Å². The van der Waals surface area contributed by atoms with E-state index in [1.54, 1.807) is 6.20 Å². The maximum atomic E-state index is 5.94. The fraction of sp³-hybridized carbons (Fsp3) is 0.286. The van der Waals surface area contributed by atoms with Crippen molar-refractivity contribution in [1.82, 2.24) is 9.97 Å². The molecule has 3 nitrogen and oxygen atoms in total. The molecule has 0 aliphatic carbocycles. The van der Waals surface area contributed by atoms with Gasteiger partial charge < -0.3 is 5.73 Å². The molecule has 96 valence electrons. The highest BCUT2D eigenvalue weighted by atomic mass is 35.5. The fourth-order valence-electron chi connectivity index (χ4n) is 1.58. The minimum absolute atomic E-state index is 0. The molecule has 2 N–H and O–H groups in total. The van der Waals surface area contributed by atoms with Crippen molar-refractivity contribution >= 4 is 18.1 Å². The number of benzene rings is 1. The van der Waals surface area contributed by atoms with Crippen molar-refractivity contribution < 1.29 is 0 Å². The number of rotatable bonds is 1. The van der Waals surface area contributed by atoms with Crippen LogP contribution in [0, 0.1) is 0 Å². The summed E-state index contributed by atoms with van der Waals surface area (Å²) in [6, 6.07) is 9.95. The van der Waals surface area contributed by atoms with Gasteiger partial charge in [-0.3, -0.25) is 0 Å². The number of anilines is 1. The number of hydrogen-bond acceptors (Lipinski definition) is 3. The monoisotopic (exact) mass is 263 g/mol. The zero-order valence-corrected chi connectivity index (χ0v) is 11.7. The SMILES string of the molecule is CC(C)(C)c1ncc(N)c(-c2ccccc2)n1.Cl. The summed E-state index contributed by atoms with van der Waals surface area (Å²) < 4.78 is 0. The molecule has 1 aromatic carbocycles. The van der Waals surface area contributed by atoms with Crippen molar-refractivity contribution in [1.29, 1.82) is 0 Å². The highest BCUT2D eigenvalue weighted by Crippen LogP contribution is 2.26. The van der Waals surface area contributed by atoms with Gasteiger partial charge in [0.15, 0.2) is 0 Å². The van der Waals surface area contributed by atoms with Crippen molar-refractivity contribution in [3.63, 3.8) is 0 Å². The Morgan fingerprint density at radius 1 is 1.06 bits per heavy atom. The van der Waals surface area contributed by atoms with Gasteiger partial charge in [-0.2, -0.15) is 0 Å². The average Bonchev–Trinajstić information content (AvgIpc) is 2.29. The van der Waals surface area contributed by atoms with E-state index < -0.39 is 0 Å². The zero-order chi connectivity index (χ0) is 12.5. The fourth-order valence-corrected chi connectivity index (χ4v) is 1.58. The predicted octanol–water partition coefficient (Wildman–Crippen LogP) is 3.45. The molecule has 0 fully saturated rings. The maximum absolute atomic E-state index is 5.94. The first kappa shape index (κ1) is 14.5. The summed E-state index contributed by atoms with van der Waals surface area (Å²) in [6.07, 6.45) is 1.69. The van der Waals surface area contributed by atoms with Gasteiger partial charge in [0, 0.05) is 11.0 Å². The van der Waals surface area contributed by atoms with Crippen molar-refractivity contribution in [3.05, 3.63) is 42.4 Å². The van der Waals surface area contributed by atoms with Gasteiger partial charge in [0.25, 0.3) is 0 Å². The molecule has 0 unspecified atom stereocenters. The zero-order valence-electron chi connectivity index (χ0n) is 10.8. The van der Waals surface area contributed by atoms with Crippen molar-refractivity contribution in [2.75, 3.05) is 5.73 Å².